The number of ketones is 2. The monoisotopic (exact) mass is 220 g/mol. The van der Waals surface area contributed by atoms with Crippen LogP contribution in [0, 0.1) is 0 Å². The smallest absolute Gasteiger partial charge is 0.232 e. The number of aliphatic hydroxyl groups is 4. The predicted molar refractivity (Wildman–Crippen MR) is 50.0 cm³/mol. The molecule has 0 fully saturated rings. The van der Waals surface area contributed by atoms with Crippen LogP contribution in [0.2, 0.25) is 0 Å². The van der Waals surface area contributed by atoms with E-state index in [-0.39, 0.29) is 6.42 Å². The molecule has 0 saturated carbocycles. The summed E-state index contributed by atoms with van der Waals surface area (Å²) in [5, 5.41) is 35.7. The third-order valence-corrected chi connectivity index (χ3v) is 1.94. The van der Waals surface area contributed by atoms with Gasteiger partial charge in [0.05, 0.1) is 12.7 Å². The van der Waals surface area contributed by atoms with Gasteiger partial charge in [0.1, 0.15) is 12.2 Å². The Bertz CT molecular complexity index is 227. The van der Waals surface area contributed by atoms with E-state index in [1.807, 2.05) is 0 Å². The minimum Gasteiger partial charge on any atom is -0.393 e. The summed E-state index contributed by atoms with van der Waals surface area (Å²) in [6, 6.07) is 0. The molecule has 4 N–H and O–H groups in total. The van der Waals surface area contributed by atoms with Crippen LogP contribution in [-0.4, -0.2) is 56.9 Å². The Kier molecular flexibility index (Phi) is 6.26. The number of Topliss-reactive ketones (excluding diaryl/α,β-unsaturated/α-hetero) is 2. The van der Waals surface area contributed by atoms with Gasteiger partial charge in [-0.2, -0.15) is 0 Å². The molecule has 0 saturated heterocycles. The fourth-order valence-electron chi connectivity index (χ4n) is 1.02. The maximum atomic E-state index is 11.1. The molecule has 88 valence electrons. The van der Waals surface area contributed by atoms with E-state index in [4.69, 9.17) is 10.2 Å². The third kappa shape index (κ3) is 4.05. The average molecular weight is 220 g/mol. The molecule has 3 atom stereocenters. The minimum atomic E-state index is -1.83. The van der Waals surface area contributed by atoms with E-state index in [1.165, 1.54) is 0 Å². The lowest BCUT2D eigenvalue weighted by Gasteiger charge is -2.16. The summed E-state index contributed by atoms with van der Waals surface area (Å²) >= 11 is 0. The summed E-state index contributed by atoms with van der Waals surface area (Å²) in [5.41, 5.74) is 0. The number of carbonyl (C=O) groups excluding carboxylic acids is 2. The first-order chi connectivity index (χ1) is 6.95. The number of carbonyl (C=O) groups is 2. The van der Waals surface area contributed by atoms with Crippen LogP contribution in [0.25, 0.3) is 0 Å². The lowest BCUT2D eigenvalue weighted by atomic mass is 10.0. The highest BCUT2D eigenvalue weighted by Crippen LogP contribution is 2.05. The first-order valence-electron chi connectivity index (χ1n) is 4.68. The normalized spacial score (nSPS) is 16.9. The zero-order chi connectivity index (χ0) is 12.0. The molecule has 0 radical (unpaired) electrons. The van der Waals surface area contributed by atoms with Crippen LogP contribution in [0.3, 0.4) is 0 Å². The molecule has 0 amide bonds. The molecule has 0 rings (SSSR count). The van der Waals surface area contributed by atoms with Crippen molar-refractivity contribution in [1.29, 1.82) is 0 Å². The largest absolute Gasteiger partial charge is 0.393 e. The van der Waals surface area contributed by atoms with Crippen molar-refractivity contribution < 1.29 is 30.0 Å². The van der Waals surface area contributed by atoms with Crippen molar-refractivity contribution in [3.05, 3.63) is 0 Å². The van der Waals surface area contributed by atoms with E-state index in [9.17, 15) is 19.8 Å². The van der Waals surface area contributed by atoms with E-state index in [0.717, 1.165) is 0 Å². The van der Waals surface area contributed by atoms with Gasteiger partial charge in [-0.1, -0.05) is 13.3 Å². The zero-order valence-electron chi connectivity index (χ0n) is 8.46. The molecule has 0 aliphatic heterocycles. The quantitative estimate of drug-likeness (QED) is 0.369. The zero-order valence-corrected chi connectivity index (χ0v) is 8.46. The summed E-state index contributed by atoms with van der Waals surface area (Å²) < 4.78 is 0. The van der Waals surface area contributed by atoms with Crippen LogP contribution in [0.4, 0.5) is 0 Å². The predicted octanol–water partition coefficient (Wildman–Crippen LogP) is -2.00. The van der Waals surface area contributed by atoms with Crippen LogP contribution >= 0.6 is 0 Å². The standard InChI is InChI=1S/C9H16O6/c1-2-3-5(11)7(13)9(15)8(14)6(12)4-10/h5-7,10-13H,2-4H2,1H3/t5?,6-,7+/m1/s1. The Morgan fingerprint density at radius 3 is 2.07 bits per heavy atom. The van der Waals surface area contributed by atoms with Crippen LogP contribution in [0.5, 0.6) is 0 Å². The maximum Gasteiger partial charge on any atom is 0.232 e. The Morgan fingerprint density at radius 2 is 1.67 bits per heavy atom. The molecule has 6 heteroatoms. The van der Waals surface area contributed by atoms with Gasteiger partial charge in [0.2, 0.25) is 11.6 Å². The van der Waals surface area contributed by atoms with Crippen molar-refractivity contribution in [2.45, 2.75) is 38.1 Å². The summed E-state index contributed by atoms with van der Waals surface area (Å²) in [6.45, 7) is 0.853. The van der Waals surface area contributed by atoms with Crippen LogP contribution in [0.15, 0.2) is 0 Å². The molecule has 6 nitrogen and oxygen atoms in total. The van der Waals surface area contributed by atoms with E-state index in [0.29, 0.717) is 6.42 Å². The van der Waals surface area contributed by atoms with Crippen molar-refractivity contribution in [3.63, 3.8) is 0 Å². The van der Waals surface area contributed by atoms with Crippen LogP contribution < -0.4 is 0 Å². The molecular formula is C9H16O6. The van der Waals surface area contributed by atoms with Crippen LogP contribution in [-0.2, 0) is 9.59 Å². The van der Waals surface area contributed by atoms with Gasteiger partial charge in [-0.3, -0.25) is 9.59 Å². The van der Waals surface area contributed by atoms with E-state index in [1.54, 1.807) is 6.92 Å². The number of hydrogen-bond donors (Lipinski definition) is 4. The molecule has 0 aromatic rings. The van der Waals surface area contributed by atoms with Gasteiger partial charge < -0.3 is 20.4 Å². The average Bonchev–Trinajstić information content (AvgIpc) is 2.25. The second-order valence-corrected chi connectivity index (χ2v) is 3.23. The Balaban J connectivity index is 4.37. The van der Waals surface area contributed by atoms with Crippen LogP contribution in [0.1, 0.15) is 19.8 Å². The van der Waals surface area contributed by atoms with Crippen molar-refractivity contribution in [2.24, 2.45) is 0 Å². The Labute approximate surface area is 87.2 Å². The molecule has 0 aromatic carbocycles. The molecule has 0 aromatic heterocycles. The summed E-state index contributed by atoms with van der Waals surface area (Å²) in [5.74, 6) is -2.57. The topological polar surface area (TPSA) is 115 Å². The van der Waals surface area contributed by atoms with Gasteiger partial charge >= 0.3 is 0 Å². The van der Waals surface area contributed by atoms with Gasteiger partial charge in [-0.25, -0.2) is 0 Å². The van der Waals surface area contributed by atoms with E-state index in [2.05, 4.69) is 0 Å². The molecule has 1 unspecified atom stereocenters. The highest BCUT2D eigenvalue weighted by atomic mass is 16.3. The molecular weight excluding hydrogens is 204 g/mol. The molecule has 0 bridgehead atoms. The number of rotatable bonds is 7. The highest BCUT2D eigenvalue weighted by Gasteiger charge is 2.32. The molecule has 0 heterocycles. The lowest BCUT2D eigenvalue weighted by Crippen LogP contribution is -2.43. The van der Waals surface area contributed by atoms with E-state index < -0.39 is 36.5 Å². The maximum absolute atomic E-state index is 11.1. The van der Waals surface area contributed by atoms with Gasteiger partial charge in [0, 0.05) is 0 Å². The molecule has 0 spiro atoms. The minimum absolute atomic E-state index is 0.176. The fraction of sp³-hybridized carbons (Fsp3) is 0.778. The summed E-state index contributed by atoms with van der Waals surface area (Å²) in [6.07, 6.45) is -4.27. The van der Waals surface area contributed by atoms with Gasteiger partial charge in [0.15, 0.2) is 0 Å². The van der Waals surface area contributed by atoms with Crippen molar-refractivity contribution >= 4 is 11.6 Å². The summed E-state index contributed by atoms with van der Waals surface area (Å²) in [4.78, 5) is 22.1. The Morgan fingerprint density at radius 1 is 1.13 bits per heavy atom. The first kappa shape index (κ1) is 14.2. The molecule has 15 heavy (non-hydrogen) atoms. The lowest BCUT2D eigenvalue weighted by molar-refractivity contribution is -0.150. The van der Waals surface area contributed by atoms with E-state index >= 15 is 0 Å². The molecule has 0 aliphatic carbocycles. The first-order valence-corrected chi connectivity index (χ1v) is 4.68. The van der Waals surface area contributed by atoms with Gasteiger partial charge in [-0.05, 0) is 6.42 Å². The second kappa shape index (κ2) is 6.62. The third-order valence-electron chi connectivity index (χ3n) is 1.94. The van der Waals surface area contributed by atoms with Crippen molar-refractivity contribution in [2.75, 3.05) is 6.61 Å². The van der Waals surface area contributed by atoms with Crippen molar-refractivity contribution in [3.8, 4) is 0 Å². The second-order valence-electron chi connectivity index (χ2n) is 3.23. The van der Waals surface area contributed by atoms with Crippen molar-refractivity contribution in [1.82, 2.24) is 0 Å². The number of hydrogen-bond acceptors (Lipinski definition) is 6. The molecule has 0 aliphatic rings. The number of aliphatic hydroxyl groups excluding tert-OH is 4. The Hall–Kier alpha value is -0.820. The SMILES string of the molecule is CCCC(O)[C@H](O)C(=O)C(=O)[C@H](O)CO. The summed E-state index contributed by atoms with van der Waals surface area (Å²) in [7, 11) is 0. The van der Waals surface area contributed by atoms with Gasteiger partial charge in [-0.15, -0.1) is 0 Å². The fourth-order valence-corrected chi connectivity index (χ4v) is 1.02. The van der Waals surface area contributed by atoms with Gasteiger partial charge in [0.25, 0.3) is 0 Å². The highest BCUT2D eigenvalue weighted by molar-refractivity contribution is 6.40.